The standard InChI is InChI=1S/C31H37N5O8/c1-31(2,3)44-30(43)35-22(13-14-26(32)38)27(39)33-23(16-20-17-36(18-37)25-12-8-7-11-21(20)25)28(40)34-24(29(41)42)15-19-9-5-4-6-10-19/h4-12,17-18,22-24H,13-16H2,1-3H3,(H2,32,38)(H,33,39)(H,34,40)(H,35,43)(H,41,42)/t22-,23+,24-/m0/s1. The summed E-state index contributed by atoms with van der Waals surface area (Å²) in [6.45, 7) is 4.90. The van der Waals surface area contributed by atoms with Crippen molar-refractivity contribution in [1.82, 2.24) is 20.5 Å². The van der Waals surface area contributed by atoms with Crippen molar-refractivity contribution < 1.29 is 38.6 Å². The summed E-state index contributed by atoms with van der Waals surface area (Å²) in [5.41, 5.74) is 6.16. The Morgan fingerprint density at radius 1 is 0.886 bits per heavy atom. The van der Waals surface area contributed by atoms with Crippen LogP contribution in [0.2, 0.25) is 0 Å². The van der Waals surface area contributed by atoms with E-state index in [1.165, 1.54) is 10.8 Å². The van der Waals surface area contributed by atoms with Crippen LogP contribution in [-0.2, 0) is 41.6 Å². The molecular formula is C31H37N5O8. The van der Waals surface area contributed by atoms with Crippen LogP contribution in [0.15, 0.2) is 60.8 Å². The van der Waals surface area contributed by atoms with Gasteiger partial charge in [-0.1, -0.05) is 48.5 Å². The Hall–Kier alpha value is -5.20. The fraction of sp³-hybridized carbons (Fsp3) is 0.355. The Labute approximate surface area is 254 Å². The summed E-state index contributed by atoms with van der Waals surface area (Å²) in [5.74, 6) is -3.63. The lowest BCUT2D eigenvalue weighted by molar-refractivity contribution is -0.142. The normalized spacial score (nSPS) is 13.2. The highest BCUT2D eigenvalue weighted by Gasteiger charge is 2.31. The van der Waals surface area contributed by atoms with Crippen LogP contribution in [0.1, 0.15) is 44.7 Å². The van der Waals surface area contributed by atoms with Gasteiger partial charge in [-0.05, 0) is 44.4 Å². The number of carbonyl (C=O) groups is 6. The third-order valence-corrected chi connectivity index (χ3v) is 6.58. The number of carbonyl (C=O) groups excluding carboxylic acids is 5. The van der Waals surface area contributed by atoms with Gasteiger partial charge in [0.05, 0.1) is 5.52 Å². The number of aromatic nitrogens is 1. The quantitative estimate of drug-likeness (QED) is 0.170. The van der Waals surface area contributed by atoms with Gasteiger partial charge in [0.2, 0.25) is 24.1 Å². The first-order chi connectivity index (χ1) is 20.8. The molecule has 3 aromatic rings. The van der Waals surface area contributed by atoms with Crippen molar-refractivity contribution in [3.05, 3.63) is 71.9 Å². The van der Waals surface area contributed by atoms with E-state index in [1.54, 1.807) is 75.4 Å². The Balaban J connectivity index is 1.93. The third-order valence-electron chi connectivity index (χ3n) is 6.58. The molecule has 44 heavy (non-hydrogen) atoms. The lowest BCUT2D eigenvalue weighted by Crippen LogP contribution is -2.57. The molecule has 3 rings (SSSR count). The van der Waals surface area contributed by atoms with Crippen LogP contribution >= 0.6 is 0 Å². The van der Waals surface area contributed by atoms with Crippen LogP contribution in [-0.4, -0.2) is 69.6 Å². The number of carboxylic acid groups (broad SMARTS) is 1. The van der Waals surface area contributed by atoms with Gasteiger partial charge in [0.15, 0.2) is 0 Å². The summed E-state index contributed by atoms with van der Waals surface area (Å²) in [6, 6.07) is 11.7. The number of carboxylic acids is 1. The first-order valence-electron chi connectivity index (χ1n) is 14.0. The maximum Gasteiger partial charge on any atom is 0.408 e. The minimum Gasteiger partial charge on any atom is -0.480 e. The maximum atomic E-state index is 13.6. The van der Waals surface area contributed by atoms with Crippen molar-refractivity contribution in [3.8, 4) is 0 Å². The van der Waals surface area contributed by atoms with Crippen LogP contribution in [0, 0.1) is 0 Å². The number of hydrogen-bond acceptors (Lipinski definition) is 7. The fourth-order valence-corrected chi connectivity index (χ4v) is 4.56. The molecule has 13 heteroatoms. The van der Waals surface area contributed by atoms with Gasteiger partial charge < -0.3 is 31.5 Å². The average Bonchev–Trinajstić information content (AvgIpc) is 3.31. The molecule has 3 atom stereocenters. The summed E-state index contributed by atoms with van der Waals surface area (Å²) in [7, 11) is 0. The molecule has 6 N–H and O–H groups in total. The number of hydrogen-bond donors (Lipinski definition) is 5. The molecule has 1 aromatic heterocycles. The molecule has 13 nitrogen and oxygen atoms in total. The van der Waals surface area contributed by atoms with Gasteiger partial charge in [-0.25, -0.2) is 9.59 Å². The van der Waals surface area contributed by atoms with Crippen molar-refractivity contribution in [1.29, 1.82) is 0 Å². The van der Waals surface area contributed by atoms with E-state index in [0.29, 0.717) is 28.4 Å². The number of fused-ring (bicyclic) bond motifs is 1. The number of nitrogens with zero attached hydrogens (tertiary/aromatic N) is 1. The van der Waals surface area contributed by atoms with Crippen molar-refractivity contribution >= 4 is 47.1 Å². The summed E-state index contributed by atoms with van der Waals surface area (Å²) in [6.07, 6.45) is 0.600. The number of rotatable bonds is 14. The van der Waals surface area contributed by atoms with Gasteiger partial charge in [0, 0.05) is 30.8 Å². The second kappa shape index (κ2) is 14.8. The highest BCUT2D eigenvalue weighted by molar-refractivity contribution is 5.94. The highest BCUT2D eigenvalue weighted by atomic mass is 16.6. The molecule has 0 aliphatic rings. The lowest BCUT2D eigenvalue weighted by atomic mass is 10.0. The Morgan fingerprint density at radius 3 is 2.11 bits per heavy atom. The van der Waals surface area contributed by atoms with Gasteiger partial charge >= 0.3 is 12.1 Å². The molecule has 0 aliphatic carbocycles. The molecule has 0 saturated carbocycles. The monoisotopic (exact) mass is 607 g/mol. The summed E-state index contributed by atoms with van der Waals surface area (Å²) in [4.78, 5) is 75.0. The topological polar surface area (TPSA) is 199 Å². The van der Waals surface area contributed by atoms with E-state index in [-0.39, 0.29) is 25.7 Å². The Morgan fingerprint density at radius 2 is 1.50 bits per heavy atom. The molecule has 0 spiro atoms. The fourth-order valence-electron chi connectivity index (χ4n) is 4.56. The minimum absolute atomic E-state index is 0.0194. The number of aliphatic carboxylic acids is 1. The molecule has 0 aliphatic heterocycles. The molecular weight excluding hydrogens is 570 g/mol. The van der Waals surface area contributed by atoms with Gasteiger partial charge in [0.25, 0.3) is 0 Å². The smallest absolute Gasteiger partial charge is 0.408 e. The van der Waals surface area contributed by atoms with Crippen LogP contribution in [0.25, 0.3) is 10.9 Å². The summed E-state index contributed by atoms with van der Waals surface area (Å²) < 4.78 is 6.58. The number of nitrogens with two attached hydrogens (primary N) is 1. The molecule has 0 radical (unpaired) electrons. The zero-order valence-electron chi connectivity index (χ0n) is 24.7. The number of primary amides is 1. The first kappa shape index (κ1) is 33.3. The molecule has 0 fully saturated rings. The number of alkyl carbamates (subject to hydrolysis) is 1. The Bertz CT molecular complexity index is 1510. The summed E-state index contributed by atoms with van der Waals surface area (Å²) in [5, 5.41) is 18.0. The van der Waals surface area contributed by atoms with Gasteiger partial charge in [0.1, 0.15) is 23.7 Å². The molecule has 0 unspecified atom stereocenters. The Kier molecular flexibility index (Phi) is 11.2. The zero-order chi connectivity index (χ0) is 32.4. The largest absolute Gasteiger partial charge is 0.480 e. The van der Waals surface area contributed by atoms with Crippen LogP contribution in [0.4, 0.5) is 4.79 Å². The zero-order valence-corrected chi connectivity index (χ0v) is 24.7. The highest BCUT2D eigenvalue weighted by Crippen LogP contribution is 2.22. The molecule has 2 aromatic carbocycles. The van der Waals surface area contributed by atoms with Crippen molar-refractivity contribution in [2.24, 2.45) is 5.73 Å². The van der Waals surface area contributed by atoms with Gasteiger partial charge in [-0.15, -0.1) is 0 Å². The average molecular weight is 608 g/mol. The van der Waals surface area contributed by atoms with E-state index in [9.17, 15) is 33.9 Å². The van der Waals surface area contributed by atoms with E-state index in [0.717, 1.165) is 0 Å². The van der Waals surface area contributed by atoms with Gasteiger partial charge in [-0.3, -0.25) is 23.7 Å². The maximum absolute atomic E-state index is 13.6. The van der Waals surface area contributed by atoms with E-state index >= 15 is 0 Å². The predicted molar refractivity (Wildman–Crippen MR) is 161 cm³/mol. The van der Waals surface area contributed by atoms with Gasteiger partial charge in [-0.2, -0.15) is 0 Å². The van der Waals surface area contributed by atoms with E-state index in [1.807, 2.05) is 0 Å². The number of amides is 4. The van der Waals surface area contributed by atoms with Crippen molar-refractivity contribution in [2.75, 3.05) is 0 Å². The number of para-hydroxylation sites is 1. The molecule has 0 saturated heterocycles. The van der Waals surface area contributed by atoms with Crippen molar-refractivity contribution in [2.45, 2.75) is 70.2 Å². The second-order valence-electron chi connectivity index (χ2n) is 11.2. The van der Waals surface area contributed by atoms with Crippen LogP contribution in [0.3, 0.4) is 0 Å². The lowest BCUT2D eigenvalue weighted by Gasteiger charge is -2.26. The third kappa shape index (κ3) is 9.68. The summed E-state index contributed by atoms with van der Waals surface area (Å²) >= 11 is 0. The number of nitrogens with one attached hydrogen (secondary N) is 3. The second-order valence-corrected chi connectivity index (χ2v) is 11.2. The molecule has 0 bridgehead atoms. The molecule has 4 amide bonds. The van der Waals surface area contributed by atoms with E-state index in [4.69, 9.17) is 10.5 Å². The first-order valence-corrected chi connectivity index (χ1v) is 14.0. The predicted octanol–water partition coefficient (Wildman–Crippen LogP) is 1.68. The SMILES string of the molecule is CC(C)(C)OC(=O)N[C@@H](CCC(N)=O)C(=O)N[C@H](Cc1cn(C=O)c2ccccc12)C(=O)N[C@@H](Cc1ccccc1)C(=O)O. The number of benzene rings is 2. The minimum atomic E-state index is -1.34. The van der Waals surface area contributed by atoms with Crippen molar-refractivity contribution in [3.63, 3.8) is 0 Å². The molecule has 1 heterocycles. The van der Waals surface area contributed by atoms with E-state index in [2.05, 4.69) is 16.0 Å². The van der Waals surface area contributed by atoms with Crippen LogP contribution in [0.5, 0.6) is 0 Å². The molecule has 234 valence electrons. The number of ether oxygens (including phenoxy) is 1. The van der Waals surface area contributed by atoms with E-state index < -0.39 is 53.5 Å². The van der Waals surface area contributed by atoms with Crippen LogP contribution < -0.4 is 21.7 Å².